The molecule has 0 bridgehead atoms. The first-order chi connectivity index (χ1) is 6.63. The lowest BCUT2D eigenvalue weighted by Gasteiger charge is -2.01. The molecule has 0 saturated carbocycles. The summed E-state index contributed by atoms with van der Waals surface area (Å²) in [4.78, 5) is 4.25. The van der Waals surface area contributed by atoms with Gasteiger partial charge in [-0.05, 0) is 37.5 Å². The molecule has 1 heterocycles. The van der Waals surface area contributed by atoms with Gasteiger partial charge >= 0.3 is 6.01 Å². The molecule has 4 nitrogen and oxygen atoms in total. The number of anilines is 1. The maximum Gasteiger partial charge on any atom is 0.310 e. The SMILES string of the molecule is Cc1cc(C)c2oc(NN)nc2c1C. The molecule has 14 heavy (non-hydrogen) atoms. The van der Waals surface area contributed by atoms with Crippen molar-refractivity contribution in [3.05, 3.63) is 22.8 Å². The second-order valence-corrected chi connectivity index (χ2v) is 3.48. The fraction of sp³-hybridized carbons (Fsp3) is 0.300. The third-order valence-electron chi connectivity index (χ3n) is 2.49. The largest absolute Gasteiger partial charge is 0.422 e. The summed E-state index contributed by atoms with van der Waals surface area (Å²) in [5.74, 6) is 5.25. The topological polar surface area (TPSA) is 64.1 Å². The Kier molecular flexibility index (Phi) is 1.93. The fourth-order valence-electron chi connectivity index (χ4n) is 1.59. The van der Waals surface area contributed by atoms with Crippen LogP contribution in [0.4, 0.5) is 6.01 Å². The second kappa shape index (κ2) is 2.99. The van der Waals surface area contributed by atoms with Gasteiger partial charge in [0, 0.05) is 0 Å². The minimum Gasteiger partial charge on any atom is -0.422 e. The molecule has 0 saturated heterocycles. The first-order valence-corrected chi connectivity index (χ1v) is 4.47. The van der Waals surface area contributed by atoms with Gasteiger partial charge in [0.1, 0.15) is 5.52 Å². The molecule has 0 aliphatic heterocycles. The smallest absolute Gasteiger partial charge is 0.310 e. The third-order valence-corrected chi connectivity index (χ3v) is 2.49. The molecule has 2 rings (SSSR count). The molecular formula is C10H13N3O. The Morgan fingerprint density at radius 2 is 2.00 bits per heavy atom. The van der Waals surface area contributed by atoms with E-state index in [0.29, 0.717) is 6.01 Å². The van der Waals surface area contributed by atoms with Gasteiger partial charge in [-0.15, -0.1) is 0 Å². The van der Waals surface area contributed by atoms with Crippen LogP contribution < -0.4 is 11.3 Å². The summed E-state index contributed by atoms with van der Waals surface area (Å²) in [7, 11) is 0. The van der Waals surface area contributed by atoms with Crippen LogP contribution in [-0.2, 0) is 0 Å². The molecule has 3 N–H and O–H groups in total. The van der Waals surface area contributed by atoms with E-state index < -0.39 is 0 Å². The highest BCUT2D eigenvalue weighted by Crippen LogP contribution is 2.26. The van der Waals surface area contributed by atoms with Crippen LogP contribution in [0, 0.1) is 20.8 Å². The Hall–Kier alpha value is -1.55. The van der Waals surface area contributed by atoms with Crippen molar-refractivity contribution < 1.29 is 4.42 Å². The van der Waals surface area contributed by atoms with Gasteiger partial charge in [0.05, 0.1) is 0 Å². The molecule has 0 unspecified atom stereocenters. The summed E-state index contributed by atoms with van der Waals surface area (Å²) in [6.45, 7) is 6.09. The summed E-state index contributed by atoms with van der Waals surface area (Å²) >= 11 is 0. The zero-order valence-electron chi connectivity index (χ0n) is 8.51. The summed E-state index contributed by atoms with van der Waals surface area (Å²) in [5.41, 5.74) is 7.53. The quantitative estimate of drug-likeness (QED) is 0.534. The minimum atomic E-state index is 0.358. The maximum absolute atomic E-state index is 5.44. The highest BCUT2D eigenvalue weighted by Gasteiger charge is 2.11. The van der Waals surface area contributed by atoms with Crippen molar-refractivity contribution in [1.29, 1.82) is 0 Å². The highest BCUT2D eigenvalue weighted by atomic mass is 16.4. The number of rotatable bonds is 1. The Morgan fingerprint density at radius 3 is 2.64 bits per heavy atom. The standard InChI is InChI=1S/C10H13N3O/c1-5-4-6(2)9-8(7(5)3)12-10(13-11)14-9/h4H,11H2,1-3H3,(H,12,13). The number of aryl methyl sites for hydroxylation is 3. The molecule has 0 spiro atoms. The van der Waals surface area contributed by atoms with Crippen LogP contribution in [0.1, 0.15) is 16.7 Å². The lowest BCUT2D eigenvalue weighted by molar-refractivity contribution is 0.614. The molecule has 0 aliphatic carbocycles. The van der Waals surface area contributed by atoms with Crippen LogP contribution in [0.5, 0.6) is 0 Å². The molecule has 0 fully saturated rings. The van der Waals surface area contributed by atoms with Crippen molar-refractivity contribution in [3.63, 3.8) is 0 Å². The Bertz CT molecular complexity index is 488. The van der Waals surface area contributed by atoms with Crippen molar-refractivity contribution in [2.24, 2.45) is 5.84 Å². The molecule has 1 aromatic heterocycles. The predicted octanol–water partition coefficient (Wildman–Crippen LogP) is 2.04. The summed E-state index contributed by atoms with van der Waals surface area (Å²) < 4.78 is 5.44. The molecule has 1 aromatic carbocycles. The van der Waals surface area contributed by atoms with Crippen molar-refractivity contribution in [1.82, 2.24) is 4.98 Å². The average Bonchev–Trinajstić information content (AvgIpc) is 2.58. The van der Waals surface area contributed by atoms with E-state index in [1.54, 1.807) is 0 Å². The lowest BCUT2D eigenvalue weighted by Crippen LogP contribution is -2.06. The average molecular weight is 191 g/mol. The predicted molar refractivity (Wildman–Crippen MR) is 56.0 cm³/mol. The molecular weight excluding hydrogens is 178 g/mol. The number of nitrogens with one attached hydrogen (secondary N) is 1. The van der Waals surface area contributed by atoms with E-state index in [9.17, 15) is 0 Å². The van der Waals surface area contributed by atoms with Gasteiger partial charge in [-0.3, -0.25) is 5.43 Å². The number of aromatic nitrogens is 1. The molecule has 2 aromatic rings. The molecule has 74 valence electrons. The van der Waals surface area contributed by atoms with Crippen LogP contribution in [0.25, 0.3) is 11.1 Å². The van der Waals surface area contributed by atoms with Crippen molar-refractivity contribution in [2.75, 3.05) is 5.43 Å². The second-order valence-electron chi connectivity index (χ2n) is 3.48. The minimum absolute atomic E-state index is 0.358. The fourth-order valence-corrected chi connectivity index (χ4v) is 1.59. The summed E-state index contributed by atoms with van der Waals surface area (Å²) in [6.07, 6.45) is 0. The van der Waals surface area contributed by atoms with Gasteiger partial charge < -0.3 is 4.42 Å². The maximum atomic E-state index is 5.44. The monoisotopic (exact) mass is 191 g/mol. The molecule has 0 atom stereocenters. The van der Waals surface area contributed by atoms with Crippen LogP contribution >= 0.6 is 0 Å². The normalized spacial score (nSPS) is 10.9. The zero-order valence-corrected chi connectivity index (χ0v) is 8.51. The molecule has 0 amide bonds. The van der Waals surface area contributed by atoms with Crippen LogP contribution in [0.3, 0.4) is 0 Å². The van der Waals surface area contributed by atoms with Gasteiger partial charge in [0.15, 0.2) is 5.58 Å². The van der Waals surface area contributed by atoms with Gasteiger partial charge in [-0.1, -0.05) is 6.07 Å². The molecule has 0 radical (unpaired) electrons. The van der Waals surface area contributed by atoms with E-state index in [-0.39, 0.29) is 0 Å². The number of nitrogens with zero attached hydrogens (tertiary/aromatic N) is 1. The molecule has 4 heteroatoms. The number of hydrogen-bond donors (Lipinski definition) is 2. The number of fused-ring (bicyclic) bond motifs is 1. The van der Waals surface area contributed by atoms with Gasteiger partial charge in [0.2, 0.25) is 0 Å². The highest BCUT2D eigenvalue weighted by molar-refractivity contribution is 5.82. The van der Waals surface area contributed by atoms with Gasteiger partial charge in [-0.25, -0.2) is 5.84 Å². The number of hydrogen-bond acceptors (Lipinski definition) is 4. The van der Waals surface area contributed by atoms with Crippen LogP contribution in [-0.4, -0.2) is 4.98 Å². The first-order valence-electron chi connectivity index (χ1n) is 4.47. The Labute approximate surface area is 82.1 Å². The van der Waals surface area contributed by atoms with Gasteiger partial charge in [-0.2, -0.15) is 4.98 Å². The van der Waals surface area contributed by atoms with Crippen molar-refractivity contribution >= 4 is 17.1 Å². The third kappa shape index (κ3) is 1.15. The van der Waals surface area contributed by atoms with E-state index in [1.165, 1.54) is 5.56 Å². The van der Waals surface area contributed by atoms with Crippen LogP contribution in [0.15, 0.2) is 10.5 Å². The van der Waals surface area contributed by atoms with Crippen molar-refractivity contribution in [2.45, 2.75) is 20.8 Å². The number of nitrogens with two attached hydrogens (primary N) is 1. The van der Waals surface area contributed by atoms with E-state index >= 15 is 0 Å². The van der Waals surface area contributed by atoms with E-state index in [1.807, 2.05) is 13.8 Å². The summed E-state index contributed by atoms with van der Waals surface area (Å²) in [5, 5.41) is 0. The Morgan fingerprint density at radius 1 is 1.29 bits per heavy atom. The molecule has 0 aliphatic rings. The zero-order chi connectivity index (χ0) is 10.3. The van der Waals surface area contributed by atoms with E-state index in [2.05, 4.69) is 23.4 Å². The summed E-state index contributed by atoms with van der Waals surface area (Å²) in [6, 6.07) is 2.44. The van der Waals surface area contributed by atoms with Crippen molar-refractivity contribution in [3.8, 4) is 0 Å². The number of oxazole rings is 1. The lowest BCUT2D eigenvalue weighted by atomic mass is 10.1. The van der Waals surface area contributed by atoms with Gasteiger partial charge in [0.25, 0.3) is 0 Å². The van der Waals surface area contributed by atoms with E-state index in [4.69, 9.17) is 10.3 Å². The Balaban J connectivity index is 2.84. The first kappa shape index (κ1) is 9.02. The van der Waals surface area contributed by atoms with Crippen LogP contribution in [0.2, 0.25) is 0 Å². The number of benzene rings is 1. The number of nitrogen functional groups attached to an aromatic ring is 1. The van der Waals surface area contributed by atoms with E-state index in [0.717, 1.165) is 22.2 Å². The number of hydrazine groups is 1.